The van der Waals surface area contributed by atoms with E-state index in [4.69, 9.17) is 10.00 Å². The molecule has 5 nitrogen and oxygen atoms in total. The molecule has 0 aliphatic carbocycles. The highest BCUT2D eigenvalue weighted by atomic mass is 16.6. The average Bonchev–Trinajstić information content (AvgIpc) is 2.29. The third-order valence-electron chi connectivity index (χ3n) is 2.56. The summed E-state index contributed by atoms with van der Waals surface area (Å²) < 4.78 is 5.17. The molecule has 1 unspecified atom stereocenters. The van der Waals surface area contributed by atoms with Crippen LogP contribution in [0.15, 0.2) is 18.2 Å². The second-order valence-corrected chi connectivity index (χ2v) is 5.58. The minimum absolute atomic E-state index is 0.0400. The highest BCUT2D eigenvalue weighted by Gasteiger charge is 2.17. The standard InChI is InChI=1S/C15H20N2O3/c1-10-9-11(13(18)7-8-16)5-6-12(10)17-14(19)20-15(2,3)4/h5-6,9,13,18H,7H2,1-4H3,(H,17,19). The van der Waals surface area contributed by atoms with E-state index in [9.17, 15) is 9.90 Å². The first-order valence-electron chi connectivity index (χ1n) is 6.38. The summed E-state index contributed by atoms with van der Waals surface area (Å²) in [5.74, 6) is 0. The number of benzene rings is 1. The molecule has 0 bridgehead atoms. The number of aliphatic hydroxyl groups is 1. The van der Waals surface area contributed by atoms with Crippen molar-refractivity contribution in [2.75, 3.05) is 5.32 Å². The van der Waals surface area contributed by atoms with Gasteiger partial charge in [-0.3, -0.25) is 5.32 Å². The number of rotatable bonds is 3. The van der Waals surface area contributed by atoms with Crippen molar-refractivity contribution in [2.24, 2.45) is 0 Å². The van der Waals surface area contributed by atoms with Gasteiger partial charge >= 0.3 is 6.09 Å². The molecule has 1 aromatic rings. The number of anilines is 1. The lowest BCUT2D eigenvalue weighted by Crippen LogP contribution is -2.27. The summed E-state index contributed by atoms with van der Waals surface area (Å²) >= 11 is 0. The van der Waals surface area contributed by atoms with E-state index in [2.05, 4.69) is 5.32 Å². The van der Waals surface area contributed by atoms with E-state index < -0.39 is 17.8 Å². The first-order chi connectivity index (χ1) is 9.23. The number of nitriles is 1. The van der Waals surface area contributed by atoms with Crippen molar-refractivity contribution in [3.63, 3.8) is 0 Å². The maximum absolute atomic E-state index is 11.7. The van der Waals surface area contributed by atoms with Gasteiger partial charge in [0, 0.05) is 5.69 Å². The quantitative estimate of drug-likeness (QED) is 0.887. The van der Waals surface area contributed by atoms with E-state index in [1.807, 2.05) is 13.0 Å². The lowest BCUT2D eigenvalue weighted by Gasteiger charge is -2.20. The highest BCUT2D eigenvalue weighted by Crippen LogP contribution is 2.23. The fraction of sp³-hybridized carbons (Fsp3) is 0.467. The Bertz CT molecular complexity index is 527. The summed E-state index contributed by atoms with van der Waals surface area (Å²) in [4.78, 5) is 11.7. The van der Waals surface area contributed by atoms with Gasteiger partial charge in [-0.05, 0) is 44.9 Å². The Morgan fingerprint density at radius 2 is 2.15 bits per heavy atom. The fourth-order valence-corrected chi connectivity index (χ4v) is 1.65. The molecule has 1 aromatic carbocycles. The van der Waals surface area contributed by atoms with Gasteiger partial charge < -0.3 is 9.84 Å². The molecule has 0 heterocycles. The van der Waals surface area contributed by atoms with Crippen LogP contribution in [0.5, 0.6) is 0 Å². The van der Waals surface area contributed by atoms with Crippen molar-refractivity contribution in [1.29, 1.82) is 5.26 Å². The number of ether oxygens (including phenoxy) is 1. The first-order valence-corrected chi connectivity index (χ1v) is 6.38. The highest BCUT2D eigenvalue weighted by molar-refractivity contribution is 5.85. The first kappa shape index (κ1) is 16.0. The number of amides is 1. The molecule has 0 saturated heterocycles. The third-order valence-corrected chi connectivity index (χ3v) is 2.56. The van der Waals surface area contributed by atoms with Gasteiger partial charge in [-0.25, -0.2) is 4.79 Å². The monoisotopic (exact) mass is 276 g/mol. The number of hydrogen-bond acceptors (Lipinski definition) is 4. The van der Waals surface area contributed by atoms with Crippen molar-refractivity contribution in [2.45, 2.75) is 45.8 Å². The van der Waals surface area contributed by atoms with Gasteiger partial charge in [0.25, 0.3) is 0 Å². The number of hydrogen-bond donors (Lipinski definition) is 2. The summed E-state index contributed by atoms with van der Waals surface area (Å²) in [7, 11) is 0. The van der Waals surface area contributed by atoms with Crippen molar-refractivity contribution in [1.82, 2.24) is 0 Å². The third kappa shape index (κ3) is 4.90. The van der Waals surface area contributed by atoms with E-state index in [-0.39, 0.29) is 6.42 Å². The van der Waals surface area contributed by atoms with Gasteiger partial charge in [-0.15, -0.1) is 0 Å². The van der Waals surface area contributed by atoms with Gasteiger partial charge in [-0.1, -0.05) is 12.1 Å². The van der Waals surface area contributed by atoms with Crippen LogP contribution in [0.3, 0.4) is 0 Å². The Balaban J connectivity index is 2.79. The number of nitrogens with zero attached hydrogens (tertiary/aromatic N) is 1. The maximum atomic E-state index is 11.7. The summed E-state index contributed by atoms with van der Waals surface area (Å²) in [5, 5.41) is 21.0. The Hall–Kier alpha value is -2.06. The molecule has 108 valence electrons. The number of aryl methyl sites for hydroxylation is 1. The summed E-state index contributed by atoms with van der Waals surface area (Å²) in [6.45, 7) is 7.19. The van der Waals surface area contributed by atoms with E-state index in [0.29, 0.717) is 11.3 Å². The molecule has 0 aliphatic heterocycles. The zero-order valence-electron chi connectivity index (χ0n) is 12.2. The molecule has 20 heavy (non-hydrogen) atoms. The topological polar surface area (TPSA) is 82.4 Å². The maximum Gasteiger partial charge on any atom is 0.412 e. The van der Waals surface area contributed by atoms with Gasteiger partial charge in [-0.2, -0.15) is 5.26 Å². The second-order valence-electron chi connectivity index (χ2n) is 5.58. The Morgan fingerprint density at radius 3 is 2.65 bits per heavy atom. The van der Waals surface area contributed by atoms with Crippen LogP contribution >= 0.6 is 0 Å². The van der Waals surface area contributed by atoms with Crippen LogP contribution in [0, 0.1) is 18.3 Å². The molecule has 0 spiro atoms. The van der Waals surface area contributed by atoms with Gasteiger partial charge in [0.2, 0.25) is 0 Å². The van der Waals surface area contributed by atoms with Crippen molar-refractivity contribution < 1.29 is 14.6 Å². The molecular weight excluding hydrogens is 256 g/mol. The van der Waals surface area contributed by atoms with Crippen molar-refractivity contribution >= 4 is 11.8 Å². The van der Waals surface area contributed by atoms with Crippen LogP contribution < -0.4 is 5.32 Å². The van der Waals surface area contributed by atoms with E-state index >= 15 is 0 Å². The molecule has 0 saturated carbocycles. The normalized spacial score (nSPS) is 12.4. The summed E-state index contributed by atoms with van der Waals surface area (Å²) in [6.07, 6.45) is -1.29. The minimum atomic E-state index is -0.811. The summed E-state index contributed by atoms with van der Waals surface area (Å²) in [5.41, 5.74) is 1.51. The second kappa shape index (κ2) is 6.40. The molecular formula is C15H20N2O3. The molecule has 0 radical (unpaired) electrons. The lowest BCUT2D eigenvalue weighted by atomic mass is 10.0. The molecule has 0 fully saturated rings. The predicted molar refractivity (Wildman–Crippen MR) is 76.2 cm³/mol. The van der Waals surface area contributed by atoms with Crippen molar-refractivity contribution in [3.05, 3.63) is 29.3 Å². The predicted octanol–water partition coefficient (Wildman–Crippen LogP) is 3.29. The number of nitrogens with one attached hydrogen (secondary N) is 1. The van der Waals surface area contributed by atoms with Gasteiger partial charge in [0.15, 0.2) is 0 Å². The lowest BCUT2D eigenvalue weighted by molar-refractivity contribution is 0.0636. The Labute approximate surface area is 119 Å². The zero-order valence-corrected chi connectivity index (χ0v) is 12.2. The van der Waals surface area contributed by atoms with E-state index in [1.54, 1.807) is 39.0 Å². The molecule has 1 atom stereocenters. The number of aliphatic hydroxyl groups excluding tert-OH is 1. The molecule has 0 aromatic heterocycles. The summed E-state index contributed by atoms with van der Waals surface area (Å²) in [6, 6.07) is 7.03. The van der Waals surface area contributed by atoms with E-state index in [1.165, 1.54) is 0 Å². The van der Waals surface area contributed by atoms with Gasteiger partial charge in [0.05, 0.1) is 18.6 Å². The molecule has 1 rings (SSSR count). The van der Waals surface area contributed by atoms with Crippen LogP contribution in [-0.2, 0) is 4.74 Å². The van der Waals surface area contributed by atoms with E-state index in [0.717, 1.165) is 5.56 Å². The molecule has 1 amide bonds. The minimum Gasteiger partial charge on any atom is -0.444 e. The largest absolute Gasteiger partial charge is 0.444 e. The van der Waals surface area contributed by atoms with Crippen LogP contribution in [0.25, 0.3) is 0 Å². The number of carbonyl (C=O) groups excluding carboxylic acids is 1. The van der Waals surface area contributed by atoms with Crippen LogP contribution in [0.2, 0.25) is 0 Å². The molecule has 0 aliphatic rings. The van der Waals surface area contributed by atoms with Gasteiger partial charge in [0.1, 0.15) is 5.60 Å². The zero-order chi connectivity index (χ0) is 15.3. The Morgan fingerprint density at radius 1 is 1.50 bits per heavy atom. The average molecular weight is 276 g/mol. The molecule has 2 N–H and O–H groups in total. The molecule has 5 heteroatoms. The van der Waals surface area contributed by atoms with Crippen LogP contribution in [-0.4, -0.2) is 16.8 Å². The smallest absolute Gasteiger partial charge is 0.412 e. The fourth-order valence-electron chi connectivity index (χ4n) is 1.65. The van der Waals surface area contributed by atoms with Crippen LogP contribution in [0.1, 0.15) is 44.4 Å². The SMILES string of the molecule is Cc1cc(C(O)CC#N)ccc1NC(=O)OC(C)(C)C. The number of carbonyl (C=O) groups is 1. The Kier molecular flexibility index (Phi) is 5.12. The van der Waals surface area contributed by atoms with Crippen LogP contribution in [0.4, 0.5) is 10.5 Å². The van der Waals surface area contributed by atoms with Crippen molar-refractivity contribution in [3.8, 4) is 6.07 Å².